The summed E-state index contributed by atoms with van der Waals surface area (Å²) in [6.07, 6.45) is 0. The zero-order chi connectivity index (χ0) is 40.7. The lowest BCUT2D eigenvalue weighted by atomic mass is 9.72. The van der Waals surface area contributed by atoms with Crippen molar-refractivity contribution in [2.24, 2.45) is 0 Å². The Morgan fingerprint density at radius 2 is 0.803 bits per heavy atom. The van der Waals surface area contributed by atoms with Gasteiger partial charge in [0, 0.05) is 43.0 Å². The summed E-state index contributed by atoms with van der Waals surface area (Å²) < 4.78 is 2.39. The van der Waals surface area contributed by atoms with Crippen molar-refractivity contribution in [3.63, 3.8) is 0 Å². The topological polar surface area (TPSA) is 11.4 Å². The predicted octanol–water partition coefficient (Wildman–Crippen LogP) is 16.2. The average Bonchev–Trinajstić information content (AvgIpc) is 3.65. The van der Waals surface area contributed by atoms with E-state index in [0.29, 0.717) is 0 Å². The molecule has 0 fully saturated rings. The molecule has 0 spiro atoms. The van der Waals surface area contributed by atoms with E-state index in [1.807, 2.05) is 11.8 Å². The van der Waals surface area contributed by atoms with Crippen molar-refractivity contribution in [3.05, 3.63) is 223 Å². The number of hydrogen-bond acceptors (Lipinski definition) is 3. The lowest BCUT2D eigenvalue weighted by molar-refractivity contribution is 0.632. The minimum Gasteiger partial charge on any atom is -0.310 e. The molecule has 1 aromatic heterocycles. The summed E-state index contributed by atoms with van der Waals surface area (Å²) >= 11 is 1.86. The summed E-state index contributed by atoms with van der Waals surface area (Å²) in [6, 6.07) is 77.9. The first-order valence-corrected chi connectivity index (χ1v) is 21.8. The van der Waals surface area contributed by atoms with Crippen molar-refractivity contribution in [3.8, 4) is 27.9 Å². The minimum atomic E-state index is -0.290. The van der Waals surface area contributed by atoms with Crippen LogP contribution in [0.5, 0.6) is 0 Å². The van der Waals surface area contributed by atoms with Gasteiger partial charge < -0.3 is 14.4 Å². The SMILES string of the molecule is CC1(C)c2cc(-c3ccc4c(c3)Sc3ccccc3N4c3ccccc3)ccc2N(c2ccccc2)c2ccc(-c3ccc4c(c3)c3ccccc3n4-c3ccccc3)cc21. The first kappa shape index (κ1) is 35.7. The van der Waals surface area contributed by atoms with E-state index in [1.165, 1.54) is 93.4 Å². The summed E-state index contributed by atoms with van der Waals surface area (Å²) in [4.78, 5) is 7.36. The minimum absolute atomic E-state index is 0.290. The Morgan fingerprint density at radius 3 is 1.46 bits per heavy atom. The Kier molecular flexibility index (Phi) is 8.13. The van der Waals surface area contributed by atoms with Crippen LogP contribution >= 0.6 is 11.8 Å². The van der Waals surface area contributed by atoms with Gasteiger partial charge >= 0.3 is 0 Å². The molecule has 0 unspecified atom stereocenters. The second kappa shape index (κ2) is 13.9. The molecule has 61 heavy (non-hydrogen) atoms. The zero-order valence-corrected chi connectivity index (χ0v) is 34.8. The lowest BCUT2D eigenvalue weighted by Gasteiger charge is -2.42. The van der Waals surface area contributed by atoms with Gasteiger partial charge in [0.1, 0.15) is 0 Å². The van der Waals surface area contributed by atoms with Crippen LogP contribution in [-0.2, 0) is 5.41 Å². The van der Waals surface area contributed by atoms with Crippen LogP contribution in [0.25, 0.3) is 49.7 Å². The summed E-state index contributed by atoms with van der Waals surface area (Å²) in [7, 11) is 0. The van der Waals surface area contributed by atoms with E-state index in [9.17, 15) is 0 Å². The van der Waals surface area contributed by atoms with E-state index >= 15 is 0 Å². The largest absolute Gasteiger partial charge is 0.310 e. The highest BCUT2D eigenvalue weighted by atomic mass is 32.2. The van der Waals surface area contributed by atoms with E-state index in [2.05, 4.69) is 241 Å². The number of nitrogens with zero attached hydrogens (tertiary/aromatic N) is 3. The van der Waals surface area contributed by atoms with Crippen LogP contribution in [0.15, 0.2) is 222 Å². The molecule has 290 valence electrons. The van der Waals surface area contributed by atoms with Gasteiger partial charge in [0.15, 0.2) is 0 Å². The summed E-state index contributed by atoms with van der Waals surface area (Å²) in [5, 5.41) is 2.52. The maximum atomic E-state index is 2.46. The summed E-state index contributed by atoms with van der Waals surface area (Å²) in [5.74, 6) is 0. The molecule has 4 heteroatoms. The maximum Gasteiger partial charge on any atom is 0.0602 e. The molecule has 9 aromatic carbocycles. The first-order chi connectivity index (χ1) is 30.0. The van der Waals surface area contributed by atoms with Crippen molar-refractivity contribution in [1.82, 2.24) is 4.57 Å². The Labute approximate surface area is 360 Å². The molecule has 0 saturated heterocycles. The van der Waals surface area contributed by atoms with Gasteiger partial charge in [0.05, 0.1) is 33.8 Å². The van der Waals surface area contributed by atoms with Crippen molar-refractivity contribution < 1.29 is 0 Å². The molecule has 3 nitrogen and oxygen atoms in total. The molecular weight excluding hydrogens is 759 g/mol. The third-order valence-electron chi connectivity index (χ3n) is 12.7. The molecular formula is C57H41N3S. The molecule has 2 aliphatic rings. The Bertz CT molecular complexity index is 3310. The second-order valence-electron chi connectivity index (χ2n) is 16.6. The van der Waals surface area contributed by atoms with Crippen LogP contribution in [0.4, 0.5) is 34.1 Å². The number of anilines is 6. The highest BCUT2D eigenvalue weighted by Gasteiger charge is 2.38. The molecule has 10 aromatic rings. The van der Waals surface area contributed by atoms with E-state index in [-0.39, 0.29) is 5.41 Å². The van der Waals surface area contributed by atoms with Gasteiger partial charge in [-0.05, 0) is 137 Å². The fourth-order valence-corrected chi connectivity index (χ4v) is 10.8. The van der Waals surface area contributed by atoms with Gasteiger partial charge in [-0.3, -0.25) is 0 Å². The van der Waals surface area contributed by atoms with Crippen LogP contribution in [0.2, 0.25) is 0 Å². The van der Waals surface area contributed by atoms with E-state index < -0.39 is 0 Å². The highest BCUT2D eigenvalue weighted by molar-refractivity contribution is 7.99. The van der Waals surface area contributed by atoms with E-state index in [0.717, 1.165) is 11.4 Å². The molecule has 0 radical (unpaired) electrons. The van der Waals surface area contributed by atoms with Gasteiger partial charge in [0.25, 0.3) is 0 Å². The Balaban J connectivity index is 0.983. The van der Waals surface area contributed by atoms with Crippen molar-refractivity contribution in [2.45, 2.75) is 29.1 Å². The van der Waals surface area contributed by atoms with Crippen molar-refractivity contribution in [2.75, 3.05) is 9.80 Å². The van der Waals surface area contributed by atoms with Crippen LogP contribution < -0.4 is 9.80 Å². The number of para-hydroxylation sites is 5. The standard InChI is InChI=1S/C57H41N3S/c1-57(2)47-35-39(38-26-30-50-46(34-38)45-22-12-13-23-49(45)58(50)42-16-6-3-7-17-42)27-31-51(47)59(43-18-8-4-9-19-43)52-32-28-40(36-48(52)57)41-29-33-54-56(37-41)61-55-25-15-14-24-53(55)60(54)44-20-10-5-11-21-44/h3-37H,1-2H3. The first-order valence-electron chi connectivity index (χ1n) is 21.0. The van der Waals surface area contributed by atoms with Crippen LogP contribution in [0, 0.1) is 0 Å². The van der Waals surface area contributed by atoms with E-state index in [1.54, 1.807) is 0 Å². The number of hydrogen-bond donors (Lipinski definition) is 0. The second-order valence-corrected chi connectivity index (χ2v) is 17.7. The molecule has 3 heterocycles. The molecule has 0 bridgehead atoms. The third-order valence-corrected chi connectivity index (χ3v) is 13.8. The van der Waals surface area contributed by atoms with Crippen LogP contribution in [-0.4, -0.2) is 4.57 Å². The van der Waals surface area contributed by atoms with Gasteiger partial charge in [-0.25, -0.2) is 0 Å². The number of rotatable bonds is 5. The van der Waals surface area contributed by atoms with Crippen molar-refractivity contribution in [1.29, 1.82) is 0 Å². The van der Waals surface area contributed by atoms with Gasteiger partial charge in [-0.1, -0.05) is 135 Å². The molecule has 12 rings (SSSR count). The zero-order valence-electron chi connectivity index (χ0n) is 34.0. The number of benzene rings is 9. The van der Waals surface area contributed by atoms with Crippen molar-refractivity contribution >= 4 is 67.7 Å². The fraction of sp³-hybridized carbons (Fsp3) is 0.0526. The number of aromatic nitrogens is 1. The predicted molar refractivity (Wildman–Crippen MR) is 257 cm³/mol. The van der Waals surface area contributed by atoms with Crippen LogP contribution in [0.1, 0.15) is 25.0 Å². The normalized spacial score (nSPS) is 13.7. The summed E-state index contributed by atoms with van der Waals surface area (Å²) in [5.41, 5.74) is 17.9. The Morgan fingerprint density at radius 1 is 0.344 bits per heavy atom. The van der Waals surface area contributed by atoms with Gasteiger partial charge in [-0.2, -0.15) is 0 Å². The maximum absolute atomic E-state index is 2.46. The molecule has 2 aliphatic heterocycles. The number of fused-ring (bicyclic) bond motifs is 7. The molecule has 0 amide bonds. The van der Waals surface area contributed by atoms with E-state index in [4.69, 9.17) is 0 Å². The molecule has 0 atom stereocenters. The Hall–Kier alpha value is -7.27. The third kappa shape index (κ3) is 5.67. The van der Waals surface area contributed by atoms with Gasteiger partial charge in [-0.15, -0.1) is 0 Å². The molecule has 0 aliphatic carbocycles. The quantitative estimate of drug-likeness (QED) is 0.172. The highest BCUT2D eigenvalue weighted by Crippen LogP contribution is 2.55. The van der Waals surface area contributed by atoms with Crippen LogP contribution in [0.3, 0.4) is 0 Å². The fourth-order valence-electron chi connectivity index (χ4n) is 9.75. The summed E-state index contributed by atoms with van der Waals surface area (Å²) in [6.45, 7) is 4.79. The molecule has 0 saturated carbocycles. The smallest absolute Gasteiger partial charge is 0.0602 e. The average molecular weight is 800 g/mol. The monoisotopic (exact) mass is 799 g/mol. The van der Waals surface area contributed by atoms with Gasteiger partial charge in [0.2, 0.25) is 0 Å². The lowest BCUT2D eigenvalue weighted by Crippen LogP contribution is -2.30. The molecule has 0 N–H and O–H groups in total.